The molecule has 0 saturated heterocycles. The third-order valence-electron chi connectivity index (χ3n) is 5.44. The van der Waals surface area contributed by atoms with Gasteiger partial charge in [0.2, 0.25) is 5.60 Å². The van der Waals surface area contributed by atoms with Crippen LogP contribution in [0.3, 0.4) is 0 Å². The molecular formula is C18H22F4O3. The minimum atomic E-state index is -5.12. The summed E-state index contributed by atoms with van der Waals surface area (Å²) in [7, 11) is 1.25. The minimum Gasteiger partial charge on any atom is -0.493 e. The van der Waals surface area contributed by atoms with Gasteiger partial charge in [-0.05, 0) is 25.3 Å². The number of ether oxygens (including phenoxy) is 1. The average Bonchev–Trinajstić information content (AvgIpc) is 3.04. The highest BCUT2D eigenvalue weighted by Crippen LogP contribution is 2.56. The highest BCUT2D eigenvalue weighted by Gasteiger charge is 2.64. The van der Waals surface area contributed by atoms with E-state index in [4.69, 9.17) is 4.74 Å². The van der Waals surface area contributed by atoms with Crippen molar-refractivity contribution in [3.05, 3.63) is 29.6 Å². The van der Waals surface area contributed by atoms with E-state index in [1.807, 2.05) is 0 Å². The molecule has 0 aliphatic heterocycles. The summed E-state index contributed by atoms with van der Waals surface area (Å²) < 4.78 is 60.0. The summed E-state index contributed by atoms with van der Waals surface area (Å²) in [6.45, 7) is 1.50. The molecule has 0 aromatic heterocycles. The molecule has 1 N–H and O–H groups in total. The fourth-order valence-electron chi connectivity index (χ4n) is 4.39. The van der Waals surface area contributed by atoms with Crippen LogP contribution in [0.2, 0.25) is 0 Å². The molecule has 1 aliphatic rings. The van der Waals surface area contributed by atoms with Crippen molar-refractivity contribution in [3.63, 3.8) is 0 Å². The number of hydrogen-bond acceptors (Lipinski definition) is 3. The fraction of sp³-hybridized carbons (Fsp3) is 0.611. The number of carbonyl (C=O) groups is 1. The van der Waals surface area contributed by atoms with Gasteiger partial charge in [-0.3, -0.25) is 4.79 Å². The van der Waals surface area contributed by atoms with Gasteiger partial charge in [0.05, 0.1) is 7.11 Å². The summed E-state index contributed by atoms with van der Waals surface area (Å²) in [5.41, 5.74) is -4.40. The van der Waals surface area contributed by atoms with Crippen LogP contribution < -0.4 is 4.74 Å². The van der Waals surface area contributed by atoms with Gasteiger partial charge in [-0.2, -0.15) is 13.2 Å². The number of hydrogen-bond donors (Lipinski definition) is 1. The maximum atomic E-state index is 14.2. The van der Waals surface area contributed by atoms with Crippen molar-refractivity contribution in [2.75, 3.05) is 7.11 Å². The molecule has 1 aromatic carbocycles. The van der Waals surface area contributed by atoms with Gasteiger partial charge >= 0.3 is 6.18 Å². The van der Waals surface area contributed by atoms with Crippen molar-refractivity contribution in [2.45, 2.75) is 56.2 Å². The number of alkyl halides is 3. The van der Waals surface area contributed by atoms with E-state index in [1.165, 1.54) is 32.2 Å². The molecule has 0 spiro atoms. The lowest BCUT2D eigenvalue weighted by Gasteiger charge is -2.45. The number of carbonyl (C=O) groups excluding carboxylic acids is 1. The van der Waals surface area contributed by atoms with Crippen molar-refractivity contribution >= 4 is 6.29 Å². The predicted molar refractivity (Wildman–Crippen MR) is 83.9 cm³/mol. The zero-order valence-electron chi connectivity index (χ0n) is 14.2. The van der Waals surface area contributed by atoms with Gasteiger partial charge in [-0.25, -0.2) is 4.39 Å². The molecule has 0 heterocycles. The van der Waals surface area contributed by atoms with Crippen LogP contribution in [0, 0.1) is 11.7 Å². The second kappa shape index (κ2) is 6.94. The van der Waals surface area contributed by atoms with E-state index in [2.05, 4.69) is 0 Å². The summed E-state index contributed by atoms with van der Waals surface area (Å²) in [6, 6.07) is 4.10. The molecule has 0 amide bonds. The Morgan fingerprint density at radius 3 is 2.36 bits per heavy atom. The third kappa shape index (κ3) is 3.03. The van der Waals surface area contributed by atoms with Crippen molar-refractivity contribution in [1.29, 1.82) is 0 Å². The second-order valence-corrected chi connectivity index (χ2v) is 6.59. The van der Waals surface area contributed by atoms with E-state index >= 15 is 0 Å². The molecule has 0 bridgehead atoms. The Hall–Kier alpha value is -1.63. The van der Waals surface area contributed by atoms with E-state index in [-0.39, 0.29) is 17.7 Å². The van der Waals surface area contributed by atoms with Crippen LogP contribution in [0.5, 0.6) is 5.75 Å². The third-order valence-corrected chi connectivity index (χ3v) is 5.44. The minimum absolute atomic E-state index is 0.0889. The summed E-state index contributed by atoms with van der Waals surface area (Å²) in [5, 5.41) is 10.3. The van der Waals surface area contributed by atoms with Crippen molar-refractivity contribution in [3.8, 4) is 5.75 Å². The number of aldehydes is 1. The Morgan fingerprint density at radius 1 is 1.32 bits per heavy atom. The SMILES string of the molecule is CCC(C1(c2cccc(F)c2OC)CCCC1)C(O)(C=O)C(F)(F)F. The quantitative estimate of drug-likeness (QED) is 0.610. The van der Waals surface area contributed by atoms with Crippen LogP contribution in [0.4, 0.5) is 17.6 Å². The first kappa shape index (κ1) is 19.7. The average molecular weight is 362 g/mol. The molecule has 1 fully saturated rings. The molecule has 3 nitrogen and oxygen atoms in total. The lowest BCUT2D eigenvalue weighted by Crippen LogP contribution is -2.58. The Balaban J connectivity index is 2.71. The second-order valence-electron chi connectivity index (χ2n) is 6.59. The van der Waals surface area contributed by atoms with E-state index in [1.54, 1.807) is 0 Å². The molecular weight excluding hydrogens is 340 g/mol. The molecule has 2 atom stereocenters. The molecule has 140 valence electrons. The monoisotopic (exact) mass is 362 g/mol. The first-order valence-electron chi connectivity index (χ1n) is 8.26. The normalized spacial score (nSPS) is 20.8. The maximum absolute atomic E-state index is 14.2. The fourth-order valence-corrected chi connectivity index (χ4v) is 4.39. The molecule has 25 heavy (non-hydrogen) atoms. The molecule has 0 radical (unpaired) electrons. The van der Waals surface area contributed by atoms with Crippen LogP contribution in [-0.2, 0) is 10.2 Å². The van der Waals surface area contributed by atoms with Crippen LogP contribution >= 0.6 is 0 Å². The van der Waals surface area contributed by atoms with Crippen molar-refractivity contribution in [1.82, 2.24) is 0 Å². The van der Waals surface area contributed by atoms with Gasteiger partial charge in [0, 0.05) is 16.9 Å². The zero-order valence-corrected chi connectivity index (χ0v) is 14.2. The number of aliphatic hydroxyl groups is 1. The topological polar surface area (TPSA) is 46.5 Å². The molecule has 1 aliphatic carbocycles. The smallest absolute Gasteiger partial charge is 0.424 e. The maximum Gasteiger partial charge on any atom is 0.424 e. The van der Waals surface area contributed by atoms with Gasteiger partial charge in [-0.15, -0.1) is 0 Å². The van der Waals surface area contributed by atoms with Gasteiger partial charge in [0.15, 0.2) is 17.9 Å². The number of rotatable bonds is 6. The molecule has 1 aromatic rings. The van der Waals surface area contributed by atoms with Crippen LogP contribution in [0.15, 0.2) is 18.2 Å². The van der Waals surface area contributed by atoms with Crippen molar-refractivity contribution in [2.24, 2.45) is 5.92 Å². The van der Waals surface area contributed by atoms with Crippen LogP contribution in [0.1, 0.15) is 44.6 Å². The molecule has 1 saturated carbocycles. The Morgan fingerprint density at radius 2 is 1.92 bits per heavy atom. The van der Waals surface area contributed by atoms with Crippen LogP contribution in [0.25, 0.3) is 0 Å². The van der Waals surface area contributed by atoms with E-state index < -0.39 is 35.2 Å². The summed E-state index contributed by atoms with van der Waals surface area (Å²) in [4.78, 5) is 11.4. The standard InChI is InChI=1S/C18H22F4O3/c1-3-14(17(24,11-23)18(20,21)22)16(9-4-5-10-16)12-7-6-8-13(19)15(12)25-2/h6-8,11,14,24H,3-5,9-10H2,1-2H3. The lowest BCUT2D eigenvalue weighted by molar-refractivity contribution is -0.269. The van der Waals surface area contributed by atoms with Crippen molar-refractivity contribution < 1.29 is 32.2 Å². The highest BCUT2D eigenvalue weighted by molar-refractivity contribution is 5.65. The lowest BCUT2D eigenvalue weighted by atomic mass is 9.61. The van der Waals surface area contributed by atoms with Gasteiger partial charge in [-0.1, -0.05) is 31.9 Å². The zero-order chi connectivity index (χ0) is 18.9. The van der Waals surface area contributed by atoms with E-state index in [0.717, 1.165) is 0 Å². The molecule has 2 rings (SSSR count). The van der Waals surface area contributed by atoms with Crippen LogP contribution in [-0.4, -0.2) is 30.3 Å². The largest absolute Gasteiger partial charge is 0.493 e. The van der Waals surface area contributed by atoms with E-state index in [0.29, 0.717) is 25.7 Å². The summed E-state index contributed by atoms with van der Waals surface area (Å²) in [5.74, 6) is -2.24. The molecule has 2 unspecified atom stereocenters. The first-order chi connectivity index (χ1) is 11.7. The van der Waals surface area contributed by atoms with E-state index in [9.17, 15) is 27.5 Å². The first-order valence-corrected chi connectivity index (χ1v) is 8.26. The summed E-state index contributed by atoms with van der Waals surface area (Å²) >= 11 is 0. The van der Waals surface area contributed by atoms with Gasteiger partial charge in [0.1, 0.15) is 0 Å². The number of methoxy groups -OCH3 is 1. The Bertz CT molecular complexity index is 623. The number of benzene rings is 1. The number of halogens is 4. The van der Waals surface area contributed by atoms with Gasteiger partial charge < -0.3 is 9.84 Å². The summed E-state index contributed by atoms with van der Waals surface area (Å²) in [6.07, 6.45) is -3.74. The molecule has 7 heteroatoms. The van der Waals surface area contributed by atoms with Gasteiger partial charge in [0.25, 0.3) is 0 Å². The highest BCUT2D eigenvalue weighted by atomic mass is 19.4. The Kier molecular flexibility index (Phi) is 5.47. The predicted octanol–water partition coefficient (Wildman–Crippen LogP) is 4.16. The Labute approximate surface area is 144 Å². The number of para-hydroxylation sites is 1.